The number of nitrogens with zero attached hydrogens (tertiary/aromatic N) is 4. The van der Waals surface area contributed by atoms with Crippen LogP contribution in [0.3, 0.4) is 0 Å². The fourth-order valence-corrected chi connectivity index (χ4v) is 2.71. The first kappa shape index (κ1) is 19.3. The van der Waals surface area contributed by atoms with Gasteiger partial charge in [0.25, 0.3) is 0 Å². The molecule has 1 fully saturated rings. The fourth-order valence-electron chi connectivity index (χ4n) is 2.71. The molecule has 0 spiro atoms. The van der Waals surface area contributed by atoms with Crippen molar-refractivity contribution in [2.45, 2.75) is 45.1 Å². The van der Waals surface area contributed by atoms with Gasteiger partial charge in [-0.3, -0.25) is 0 Å². The van der Waals surface area contributed by atoms with Crippen molar-refractivity contribution in [3.05, 3.63) is 35.9 Å². The first-order valence-corrected chi connectivity index (χ1v) is 8.25. The Morgan fingerprint density at radius 1 is 1.32 bits per heavy atom. The van der Waals surface area contributed by atoms with Crippen molar-refractivity contribution < 1.29 is 9.53 Å². The van der Waals surface area contributed by atoms with Crippen molar-refractivity contribution in [2.75, 3.05) is 13.1 Å². The predicted molar refractivity (Wildman–Crippen MR) is 96.4 cm³/mol. The van der Waals surface area contributed by atoms with Gasteiger partial charge in [-0.15, -0.1) is 17.5 Å². The number of hydrogen-bond donors (Lipinski definition) is 1. The molecule has 1 aliphatic heterocycles. The quantitative estimate of drug-likeness (QED) is 0.841. The van der Waals surface area contributed by atoms with Gasteiger partial charge in [-0.25, -0.2) is 14.5 Å². The highest BCUT2D eigenvalue weighted by molar-refractivity contribution is 5.88. The molecule has 0 radical (unpaired) electrons. The van der Waals surface area contributed by atoms with Gasteiger partial charge < -0.3 is 10.1 Å². The van der Waals surface area contributed by atoms with Crippen molar-refractivity contribution in [1.29, 1.82) is 0 Å². The Balaban J connectivity index is 0.00000225. The highest BCUT2D eigenvalue weighted by atomic mass is 35.5. The minimum Gasteiger partial charge on any atom is -0.455 e. The molecule has 0 amide bonds. The van der Waals surface area contributed by atoms with Gasteiger partial charge in [-0.1, -0.05) is 5.21 Å². The summed E-state index contributed by atoms with van der Waals surface area (Å²) in [6.07, 6.45) is 5.65. The second kappa shape index (κ2) is 7.93. The van der Waals surface area contributed by atoms with E-state index < -0.39 is 11.6 Å². The van der Waals surface area contributed by atoms with Crippen LogP contribution in [0.4, 0.5) is 0 Å². The van der Waals surface area contributed by atoms with Gasteiger partial charge >= 0.3 is 5.97 Å². The van der Waals surface area contributed by atoms with E-state index in [4.69, 9.17) is 4.74 Å². The molecule has 1 N–H and O–H groups in total. The largest absolute Gasteiger partial charge is 0.455 e. The van der Waals surface area contributed by atoms with Crippen LogP contribution in [0.2, 0.25) is 0 Å². The standard InChI is InChI=1S/C17H23N5O2.ClH/c1-17(2,3)24-16(23)14-10-13(6-9-19-14)22-11-15(20-21-22)12-4-7-18-8-5-12;/h6,9-12,18H,4-5,7-8H2,1-3H3;1H. The molecule has 8 heteroatoms. The Hall–Kier alpha value is -1.99. The van der Waals surface area contributed by atoms with E-state index in [1.165, 1.54) is 0 Å². The van der Waals surface area contributed by atoms with E-state index in [1.807, 2.05) is 27.0 Å². The Bertz CT molecular complexity index is 720. The summed E-state index contributed by atoms with van der Waals surface area (Å²) in [4.78, 5) is 16.3. The highest BCUT2D eigenvalue weighted by Crippen LogP contribution is 2.23. The third kappa shape index (κ3) is 4.99. The van der Waals surface area contributed by atoms with Crippen molar-refractivity contribution in [3.8, 4) is 5.69 Å². The van der Waals surface area contributed by atoms with Gasteiger partial charge in [0.15, 0.2) is 5.69 Å². The van der Waals surface area contributed by atoms with Crippen LogP contribution < -0.4 is 5.32 Å². The van der Waals surface area contributed by atoms with Crippen molar-refractivity contribution in [3.63, 3.8) is 0 Å². The Morgan fingerprint density at radius 2 is 2.04 bits per heavy atom. The number of ether oxygens (including phenoxy) is 1. The smallest absolute Gasteiger partial charge is 0.357 e. The van der Waals surface area contributed by atoms with E-state index in [9.17, 15) is 4.79 Å². The van der Waals surface area contributed by atoms with Crippen LogP contribution in [0, 0.1) is 0 Å². The van der Waals surface area contributed by atoms with Crippen LogP contribution in [-0.2, 0) is 4.74 Å². The SMILES string of the molecule is CC(C)(C)OC(=O)c1cc(-n2cc(C3CCNCC3)nn2)ccn1.Cl. The number of esters is 1. The summed E-state index contributed by atoms with van der Waals surface area (Å²) in [6, 6.07) is 3.48. The lowest BCUT2D eigenvalue weighted by Crippen LogP contribution is -2.26. The van der Waals surface area contributed by atoms with E-state index in [0.29, 0.717) is 5.92 Å². The molecular weight excluding hydrogens is 342 g/mol. The van der Waals surface area contributed by atoms with Gasteiger partial charge in [-0.2, -0.15) is 0 Å². The van der Waals surface area contributed by atoms with Crippen LogP contribution in [0.25, 0.3) is 5.69 Å². The number of nitrogens with one attached hydrogen (secondary N) is 1. The second-order valence-corrected chi connectivity index (χ2v) is 7.01. The molecule has 0 aliphatic carbocycles. The molecule has 0 aromatic carbocycles. The molecule has 0 bridgehead atoms. The maximum atomic E-state index is 12.2. The zero-order valence-corrected chi connectivity index (χ0v) is 15.5. The van der Waals surface area contributed by atoms with Crippen molar-refractivity contribution >= 4 is 18.4 Å². The molecular formula is C17H24ClN5O2. The van der Waals surface area contributed by atoms with Crippen LogP contribution in [0.1, 0.15) is 55.7 Å². The average Bonchev–Trinajstić information content (AvgIpc) is 3.04. The molecule has 0 saturated carbocycles. The van der Waals surface area contributed by atoms with Crippen LogP contribution in [0.5, 0.6) is 0 Å². The van der Waals surface area contributed by atoms with Crippen LogP contribution in [0.15, 0.2) is 24.5 Å². The lowest BCUT2D eigenvalue weighted by atomic mass is 9.95. The molecule has 3 heterocycles. The van der Waals surface area contributed by atoms with Crippen molar-refractivity contribution in [1.82, 2.24) is 25.3 Å². The molecule has 0 atom stereocenters. The van der Waals surface area contributed by atoms with Gasteiger partial charge in [-0.05, 0) is 58.8 Å². The van der Waals surface area contributed by atoms with Gasteiger partial charge in [0.1, 0.15) is 5.60 Å². The molecule has 1 saturated heterocycles. The Labute approximate surface area is 153 Å². The molecule has 25 heavy (non-hydrogen) atoms. The van der Waals surface area contributed by atoms with Crippen molar-refractivity contribution in [2.24, 2.45) is 0 Å². The molecule has 2 aromatic heterocycles. The molecule has 2 aromatic rings. The third-order valence-corrected chi connectivity index (χ3v) is 3.88. The summed E-state index contributed by atoms with van der Waals surface area (Å²) in [7, 11) is 0. The van der Waals surface area contributed by atoms with E-state index in [0.717, 1.165) is 37.3 Å². The number of rotatable bonds is 3. The summed E-state index contributed by atoms with van der Waals surface area (Å²) in [5.41, 5.74) is 1.46. The molecule has 136 valence electrons. The summed E-state index contributed by atoms with van der Waals surface area (Å²) in [5.74, 6) is -0.00444. The average molecular weight is 366 g/mol. The topological polar surface area (TPSA) is 81.9 Å². The maximum Gasteiger partial charge on any atom is 0.357 e. The maximum absolute atomic E-state index is 12.2. The normalized spacial score (nSPS) is 15.5. The number of piperidine rings is 1. The van der Waals surface area contributed by atoms with Crippen LogP contribution in [-0.4, -0.2) is 44.6 Å². The highest BCUT2D eigenvalue weighted by Gasteiger charge is 2.21. The van der Waals surface area contributed by atoms with E-state index in [2.05, 4.69) is 20.6 Å². The number of carbonyl (C=O) groups is 1. The summed E-state index contributed by atoms with van der Waals surface area (Å²) in [5, 5.41) is 11.8. The lowest BCUT2D eigenvalue weighted by molar-refractivity contribution is 0.00628. The summed E-state index contributed by atoms with van der Waals surface area (Å²) >= 11 is 0. The van der Waals surface area contributed by atoms with Crippen LogP contribution >= 0.6 is 12.4 Å². The number of pyridine rings is 1. The predicted octanol–water partition coefficient (Wildman–Crippen LogP) is 2.51. The molecule has 0 unspecified atom stereocenters. The molecule has 3 rings (SSSR count). The zero-order chi connectivity index (χ0) is 17.2. The first-order chi connectivity index (χ1) is 11.4. The second-order valence-electron chi connectivity index (χ2n) is 7.01. The minimum atomic E-state index is -0.551. The third-order valence-electron chi connectivity index (χ3n) is 3.88. The van der Waals surface area contributed by atoms with E-state index >= 15 is 0 Å². The lowest BCUT2D eigenvalue weighted by Gasteiger charge is -2.20. The number of hydrogen-bond acceptors (Lipinski definition) is 6. The first-order valence-electron chi connectivity index (χ1n) is 8.25. The minimum absolute atomic E-state index is 0. The van der Waals surface area contributed by atoms with E-state index in [-0.39, 0.29) is 18.1 Å². The van der Waals surface area contributed by atoms with Gasteiger partial charge in [0.05, 0.1) is 17.6 Å². The molecule has 7 nitrogen and oxygen atoms in total. The zero-order valence-electron chi connectivity index (χ0n) is 14.7. The Morgan fingerprint density at radius 3 is 2.72 bits per heavy atom. The monoisotopic (exact) mass is 365 g/mol. The van der Waals surface area contributed by atoms with Gasteiger partial charge in [0.2, 0.25) is 0 Å². The number of aromatic nitrogens is 4. The summed E-state index contributed by atoms with van der Waals surface area (Å²) in [6.45, 7) is 7.51. The Kier molecular flexibility index (Phi) is 6.13. The summed E-state index contributed by atoms with van der Waals surface area (Å²) < 4.78 is 7.05. The molecule has 1 aliphatic rings. The van der Waals surface area contributed by atoms with E-state index in [1.54, 1.807) is 23.0 Å². The van der Waals surface area contributed by atoms with Gasteiger partial charge in [0, 0.05) is 12.1 Å². The number of halogens is 1. The number of carbonyl (C=O) groups excluding carboxylic acids is 1. The fraction of sp³-hybridized carbons (Fsp3) is 0.529.